The van der Waals surface area contributed by atoms with Crippen LogP contribution in [-0.4, -0.2) is 24.2 Å². The first kappa shape index (κ1) is 9.37. The van der Waals surface area contributed by atoms with Crippen molar-refractivity contribution in [3.05, 3.63) is 35.5 Å². The second-order valence-electron chi connectivity index (χ2n) is 5.15. The van der Waals surface area contributed by atoms with Gasteiger partial charge in [-0.2, -0.15) is 0 Å². The summed E-state index contributed by atoms with van der Waals surface area (Å²) in [4.78, 5) is 0. The highest BCUT2D eigenvalue weighted by Gasteiger charge is 2.41. The summed E-state index contributed by atoms with van der Waals surface area (Å²) in [5.74, 6) is 0. The van der Waals surface area contributed by atoms with Gasteiger partial charge in [0.05, 0.1) is 6.04 Å². The highest BCUT2D eigenvalue weighted by Crippen LogP contribution is 2.36. The highest BCUT2D eigenvalue weighted by atomic mass is 15.1. The molecule has 15 heavy (non-hydrogen) atoms. The standard InChI is InChI=1S/C13H18N2/c1-13(2)12-9-5-3-4-6-10(9)15-11(12)7-8-14-13/h3-6,10-11,14-15H,7-8H2,1-2H3. The third-order valence-corrected chi connectivity index (χ3v) is 3.74. The molecule has 1 aliphatic carbocycles. The second kappa shape index (κ2) is 3.06. The number of hydrogen-bond acceptors (Lipinski definition) is 2. The lowest BCUT2D eigenvalue weighted by molar-refractivity contribution is 0.353. The third kappa shape index (κ3) is 1.32. The van der Waals surface area contributed by atoms with Crippen molar-refractivity contribution in [2.45, 2.75) is 37.9 Å². The molecule has 80 valence electrons. The Morgan fingerprint density at radius 2 is 2.20 bits per heavy atom. The number of allylic oxidation sites excluding steroid dienone is 2. The van der Waals surface area contributed by atoms with E-state index in [2.05, 4.69) is 48.8 Å². The Morgan fingerprint density at radius 3 is 3.07 bits per heavy atom. The summed E-state index contributed by atoms with van der Waals surface area (Å²) in [5, 5.41) is 7.31. The fourth-order valence-corrected chi connectivity index (χ4v) is 3.09. The minimum atomic E-state index is 0.148. The molecular weight excluding hydrogens is 184 g/mol. The predicted octanol–water partition coefficient (Wildman–Crippen LogP) is 1.52. The Bertz CT molecular complexity index is 374. The Hall–Kier alpha value is -0.860. The van der Waals surface area contributed by atoms with Crippen LogP contribution in [0.1, 0.15) is 20.3 Å². The molecule has 2 heteroatoms. The predicted molar refractivity (Wildman–Crippen MR) is 62.7 cm³/mol. The van der Waals surface area contributed by atoms with Gasteiger partial charge in [-0.25, -0.2) is 0 Å². The number of nitrogens with one attached hydrogen (secondary N) is 2. The van der Waals surface area contributed by atoms with Crippen LogP contribution in [0.15, 0.2) is 35.5 Å². The van der Waals surface area contributed by atoms with Crippen LogP contribution in [0.3, 0.4) is 0 Å². The molecule has 1 fully saturated rings. The Morgan fingerprint density at radius 1 is 1.33 bits per heavy atom. The Labute approximate surface area is 91.1 Å². The molecule has 0 aromatic rings. The molecule has 1 saturated heterocycles. The molecule has 2 unspecified atom stereocenters. The van der Waals surface area contributed by atoms with Gasteiger partial charge in [0.15, 0.2) is 0 Å². The molecule has 0 amide bonds. The quantitative estimate of drug-likeness (QED) is 0.622. The number of piperidine rings is 1. The van der Waals surface area contributed by atoms with Crippen LogP contribution >= 0.6 is 0 Å². The topological polar surface area (TPSA) is 24.1 Å². The van der Waals surface area contributed by atoms with E-state index in [9.17, 15) is 0 Å². The van der Waals surface area contributed by atoms with Gasteiger partial charge in [0, 0.05) is 11.6 Å². The van der Waals surface area contributed by atoms with E-state index in [0.717, 1.165) is 6.54 Å². The number of rotatable bonds is 0. The summed E-state index contributed by atoms with van der Waals surface area (Å²) in [5.41, 5.74) is 3.20. The molecule has 0 aromatic heterocycles. The van der Waals surface area contributed by atoms with Crippen LogP contribution in [0.2, 0.25) is 0 Å². The van der Waals surface area contributed by atoms with Crippen LogP contribution in [-0.2, 0) is 0 Å². The van der Waals surface area contributed by atoms with E-state index in [0.29, 0.717) is 12.1 Å². The normalized spacial score (nSPS) is 36.7. The van der Waals surface area contributed by atoms with Crippen molar-refractivity contribution in [3.8, 4) is 0 Å². The molecule has 0 bridgehead atoms. The molecule has 0 aromatic carbocycles. The Balaban J connectivity index is 2.09. The minimum Gasteiger partial charge on any atom is -0.308 e. The zero-order valence-electron chi connectivity index (χ0n) is 9.38. The minimum absolute atomic E-state index is 0.148. The summed E-state index contributed by atoms with van der Waals surface area (Å²) >= 11 is 0. The van der Waals surface area contributed by atoms with Crippen molar-refractivity contribution in [1.29, 1.82) is 0 Å². The van der Waals surface area contributed by atoms with Gasteiger partial charge in [-0.15, -0.1) is 0 Å². The van der Waals surface area contributed by atoms with E-state index in [4.69, 9.17) is 0 Å². The SMILES string of the molecule is CC1(C)NCCC2NC3C=CC=CC3=C21. The maximum Gasteiger partial charge on any atom is 0.0514 e. The summed E-state index contributed by atoms with van der Waals surface area (Å²) in [6, 6.07) is 1.03. The van der Waals surface area contributed by atoms with Gasteiger partial charge in [-0.05, 0) is 38.0 Å². The van der Waals surface area contributed by atoms with E-state index >= 15 is 0 Å². The van der Waals surface area contributed by atoms with Crippen LogP contribution in [0.5, 0.6) is 0 Å². The zero-order chi connectivity index (χ0) is 10.5. The Kier molecular flexibility index (Phi) is 1.91. The van der Waals surface area contributed by atoms with Crippen LogP contribution in [0, 0.1) is 0 Å². The third-order valence-electron chi connectivity index (χ3n) is 3.74. The first-order valence-electron chi connectivity index (χ1n) is 5.79. The van der Waals surface area contributed by atoms with Gasteiger partial charge < -0.3 is 10.6 Å². The first-order valence-corrected chi connectivity index (χ1v) is 5.79. The van der Waals surface area contributed by atoms with Crippen molar-refractivity contribution in [2.24, 2.45) is 0 Å². The maximum absolute atomic E-state index is 3.70. The second-order valence-corrected chi connectivity index (χ2v) is 5.15. The molecule has 2 heterocycles. The van der Waals surface area contributed by atoms with Crippen LogP contribution in [0.25, 0.3) is 0 Å². The van der Waals surface area contributed by atoms with Crippen molar-refractivity contribution >= 4 is 0 Å². The molecule has 2 atom stereocenters. The molecule has 0 spiro atoms. The average Bonchev–Trinajstić information content (AvgIpc) is 2.56. The van der Waals surface area contributed by atoms with Gasteiger partial charge in [0.2, 0.25) is 0 Å². The number of fused-ring (bicyclic) bond motifs is 2. The molecule has 2 N–H and O–H groups in total. The number of hydrogen-bond donors (Lipinski definition) is 2. The molecule has 3 rings (SSSR count). The van der Waals surface area contributed by atoms with Gasteiger partial charge in [-0.1, -0.05) is 24.3 Å². The molecule has 0 saturated carbocycles. The van der Waals surface area contributed by atoms with E-state index in [1.54, 1.807) is 5.57 Å². The van der Waals surface area contributed by atoms with E-state index in [1.807, 2.05) is 0 Å². The van der Waals surface area contributed by atoms with Gasteiger partial charge >= 0.3 is 0 Å². The van der Waals surface area contributed by atoms with E-state index < -0.39 is 0 Å². The first-order chi connectivity index (χ1) is 7.18. The lowest BCUT2D eigenvalue weighted by Crippen LogP contribution is -2.52. The molecule has 3 aliphatic rings. The van der Waals surface area contributed by atoms with Crippen molar-refractivity contribution in [3.63, 3.8) is 0 Å². The van der Waals surface area contributed by atoms with Crippen LogP contribution < -0.4 is 10.6 Å². The van der Waals surface area contributed by atoms with Gasteiger partial charge in [0.25, 0.3) is 0 Å². The lowest BCUT2D eigenvalue weighted by Gasteiger charge is -2.37. The fraction of sp³-hybridized carbons (Fsp3) is 0.538. The van der Waals surface area contributed by atoms with E-state index in [-0.39, 0.29) is 5.54 Å². The zero-order valence-corrected chi connectivity index (χ0v) is 9.38. The van der Waals surface area contributed by atoms with Crippen molar-refractivity contribution < 1.29 is 0 Å². The largest absolute Gasteiger partial charge is 0.308 e. The fourth-order valence-electron chi connectivity index (χ4n) is 3.09. The van der Waals surface area contributed by atoms with Crippen molar-refractivity contribution in [2.75, 3.05) is 6.54 Å². The van der Waals surface area contributed by atoms with E-state index in [1.165, 1.54) is 12.0 Å². The smallest absolute Gasteiger partial charge is 0.0514 e. The van der Waals surface area contributed by atoms with Crippen molar-refractivity contribution in [1.82, 2.24) is 10.6 Å². The molecule has 0 radical (unpaired) electrons. The average molecular weight is 202 g/mol. The van der Waals surface area contributed by atoms with Crippen LogP contribution in [0.4, 0.5) is 0 Å². The van der Waals surface area contributed by atoms with Gasteiger partial charge in [0.1, 0.15) is 0 Å². The van der Waals surface area contributed by atoms with Gasteiger partial charge in [-0.3, -0.25) is 0 Å². The maximum atomic E-state index is 3.70. The summed E-state index contributed by atoms with van der Waals surface area (Å²) in [6.07, 6.45) is 10.0. The molecular formula is C13H18N2. The summed E-state index contributed by atoms with van der Waals surface area (Å²) in [6.45, 7) is 5.69. The lowest BCUT2D eigenvalue weighted by atomic mass is 9.81. The molecule has 2 aliphatic heterocycles. The summed E-state index contributed by atoms with van der Waals surface area (Å²) in [7, 11) is 0. The highest BCUT2D eigenvalue weighted by molar-refractivity contribution is 5.50. The summed E-state index contributed by atoms with van der Waals surface area (Å²) < 4.78 is 0. The molecule has 2 nitrogen and oxygen atoms in total. The monoisotopic (exact) mass is 202 g/mol.